The third kappa shape index (κ3) is 4.36. The van der Waals surface area contributed by atoms with Crippen molar-refractivity contribution in [1.29, 1.82) is 0 Å². The van der Waals surface area contributed by atoms with Crippen molar-refractivity contribution >= 4 is 5.91 Å². The van der Waals surface area contributed by atoms with Crippen LogP contribution in [0.1, 0.15) is 48.5 Å². The van der Waals surface area contributed by atoms with Gasteiger partial charge >= 0.3 is 0 Å². The Kier molecular flexibility index (Phi) is 5.14. The minimum atomic E-state index is -0.199. The maximum Gasteiger partial charge on any atom is 0.253 e. The summed E-state index contributed by atoms with van der Waals surface area (Å²) in [6.45, 7) is 1.89. The van der Waals surface area contributed by atoms with Gasteiger partial charge in [-0.3, -0.25) is 9.78 Å². The van der Waals surface area contributed by atoms with Gasteiger partial charge in [-0.25, -0.2) is 0 Å². The van der Waals surface area contributed by atoms with Crippen molar-refractivity contribution in [3.63, 3.8) is 0 Å². The lowest BCUT2D eigenvalue weighted by Crippen LogP contribution is -2.34. The topological polar surface area (TPSA) is 62.2 Å². The summed E-state index contributed by atoms with van der Waals surface area (Å²) in [4.78, 5) is 16.2. The first-order valence-corrected chi connectivity index (χ1v) is 7.08. The van der Waals surface area contributed by atoms with Gasteiger partial charge in [0.25, 0.3) is 5.91 Å². The molecule has 106 valence electrons. The van der Waals surface area contributed by atoms with Crippen LogP contribution in [0.2, 0.25) is 0 Å². The van der Waals surface area contributed by atoms with E-state index in [0.717, 1.165) is 18.8 Å². The number of pyridine rings is 1. The second kappa shape index (κ2) is 7.06. The molecule has 2 N–H and O–H groups in total. The van der Waals surface area contributed by atoms with E-state index in [1.807, 2.05) is 0 Å². The molecule has 1 unspecified atom stereocenters. The van der Waals surface area contributed by atoms with E-state index in [9.17, 15) is 4.79 Å². The quantitative estimate of drug-likeness (QED) is 0.802. The molecule has 0 bridgehead atoms. The van der Waals surface area contributed by atoms with E-state index in [1.54, 1.807) is 18.5 Å². The number of nitrogens with one attached hydrogen (secondary N) is 1. The molecule has 1 heterocycles. The predicted molar refractivity (Wildman–Crippen MR) is 77.1 cm³/mol. The van der Waals surface area contributed by atoms with E-state index in [4.69, 9.17) is 5.11 Å². The normalized spacial score (nSPS) is 15.1. The highest BCUT2D eigenvalue weighted by atomic mass is 16.2. The van der Waals surface area contributed by atoms with Crippen molar-refractivity contribution in [3.8, 4) is 11.8 Å². The zero-order valence-electron chi connectivity index (χ0n) is 11.7. The SMILES string of the molecule is CCC(CC1CC1)NC(=O)c1cncc(C#CCO)c1. The molecule has 0 aliphatic heterocycles. The summed E-state index contributed by atoms with van der Waals surface area (Å²) in [5.74, 6) is 6.00. The molecular formula is C16H20N2O2. The highest BCUT2D eigenvalue weighted by Gasteiger charge is 2.25. The van der Waals surface area contributed by atoms with Gasteiger partial charge in [0.05, 0.1) is 5.56 Å². The Morgan fingerprint density at radius 1 is 1.55 bits per heavy atom. The van der Waals surface area contributed by atoms with Gasteiger partial charge in [-0.05, 0) is 24.8 Å². The monoisotopic (exact) mass is 272 g/mol. The predicted octanol–water partition coefficient (Wildman–Crippen LogP) is 1.73. The van der Waals surface area contributed by atoms with Crippen LogP contribution >= 0.6 is 0 Å². The van der Waals surface area contributed by atoms with Gasteiger partial charge in [-0.1, -0.05) is 31.6 Å². The number of aliphatic hydroxyl groups is 1. The number of amides is 1. The van der Waals surface area contributed by atoms with Crippen molar-refractivity contribution in [3.05, 3.63) is 29.6 Å². The largest absolute Gasteiger partial charge is 0.384 e. The average molecular weight is 272 g/mol. The molecule has 1 aliphatic carbocycles. The summed E-state index contributed by atoms with van der Waals surface area (Å²) in [5, 5.41) is 11.7. The number of aliphatic hydroxyl groups excluding tert-OH is 1. The van der Waals surface area contributed by atoms with Gasteiger partial charge < -0.3 is 10.4 Å². The van der Waals surface area contributed by atoms with E-state index in [1.165, 1.54) is 12.8 Å². The van der Waals surface area contributed by atoms with Gasteiger partial charge in [0.2, 0.25) is 0 Å². The van der Waals surface area contributed by atoms with Crippen molar-refractivity contribution in [2.75, 3.05) is 6.61 Å². The summed E-state index contributed by atoms with van der Waals surface area (Å²) >= 11 is 0. The molecule has 0 radical (unpaired) electrons. The van der Waals surface area contributed by atoms with Crippen LogP contribution in [0.15, 0.2) is 18.5 Å². The number of carbonyl (C=O) groups excluding carboxylic acids is 1. The maximum absolute atomic E-state index is 12.2. The first-order chi connectivity index (χ1) is 9.72. The van der Waals surface area contributed by atoms with E-state index in [-0.39, 0.29) is 18.6 Å². The fraction of sp³-hybridized carbons (Fsp3) is 0.500. The first-order valence-electron chi connectivity index (χ1n) is 7.08. The molecule has 1 atom stereocenters. The Balaban J connectivity index is 2.00. The lowest BCUT2D eigenvalue weighted by Gasteiger charge is -2.16. The Morgan fingerprint density at radius 3 is 3.00 bits per heavy atom. The number of nitrogens with zero attached hydrogens (tertiary/aromatic N) is 1. The molecule has 1 saturated carbocycles. The number of aromatic nitrogens is 1. The van der Waals surface area contributed by atoms with Gasteiger partial charge in [-0.2, -0.15) is 0 Å². The molecule has 2 rings (SSSR count). The molecular weight excluding hydrogens is 252 g/mol. The van der Waals surface area contributed by atoms with Crippen molar-refractivity contribution in [2.45, 2.75) is 38.6 Å². The lowest BCUT2D eigenvalue weighted by atomic mass is 10.1. The summed E-state index contributed by atoms with van der Waals surface area (Å²) in [5.41, 5.74) is 1.16. The Hall–Kier alpha value is -1.86. The number of hydrogen-bond acceptors (Lipinski definition) is 3. The highest BCUT2D eigenvalue weighted by Crippen LogP contribution is 2.34. The Labute approximate surface area is 119 Å². The molecule has 1 aromatic heterocycles. The van der Waals surface area contributed by atoms with Crippen molar-refractivity contribution in [1.82, 2.24) is 10.3 Å². The van der Waals surface area contributed by atoms with Crippen LogP contribution in [0.25, 0.3) is 0 Å². The summed E-state index contributed by atoms with van der Waals surface area (Å²) in [6, 6.07) is 1.94. The van der Waals surface area contributed by atoms with Crippen LogP contribution in [-0.2, 0) is 0 Å². The molecule has 0 saturated heterocycles. The standard InChI is InChI=1S/C16H20N2O2/c1-2-15(9-12-5-6-12)18-16(20)14-8-13(4-3-7-19)10-17-11-14/h8,10-12,15,19H,2,5-7,9H2,1H3,(H,18,20). The molecule has 1 amide bonds. The van der Waals surface area contributed by atoms with E-state index < -0.39 is 0 Å². The van der Waals surface area contributed by atoms with Crippen LogP contribution < -0.4 is 5.32 Å². The van der Waals surface area contributed by atoms with Crippen LogP contribution in [-0.4, -0.2) is 28.6 Å². The third-order valence-corrected chi connectivity index (χ3v) is 3.46. The smallest absolute Gasteiger partial charge is 0.253 e. The lowest BCUT2D eigenvalue weighted by molar-refractivity contribution is 0.0932. The van der Waals surface area contributed by atoms with Gasteiger partial charge in [0.1, 0.15) is 6.61 Å². The molecule has 0 spiro atoms. The van der Waals surface area contributed by atoms with Crippen LogP contribution in [0, 0.1) is 17.8 Å². The second-order valence-corrected chi connectivity index (χ2v) is 5.18. The summed E-state index contributed by atoms with van der Waals surface area (Å²) in [7, 11) is 0. The summed E-state index contributed by atoms with van der Waals surface area (Å²) in [6.07, 6.45) is 7.73. The number of carbonyl (C=O) groups is 1. The van der Waals surface area contributed by atoms with Gasteiger partial charge in [0.15, 0.2) is 0 Å². The second-order valence-electron chi connectivity index (χ2n) is 5.18. The molecule has 1 aliphatic rings. The van der Waals surface area contributed by atoms with E-state index >= 15 is 0 Å². The van der Waals surface area contributed by atoms with Gasteiger partial charge in [0, 0.05) is 24.0 Å². The van der Waals surface area contributed by atoms with Gasteiger partial charge in [-0.15, -0.1) is 0 Å². The van der Waals surface area contributed by atoms with Crippen LogP contribution in [0.4, 0.5) is 0 Å². The molecule has 1 aromatic rings. The minimum Gasteiger partial charge on any atom is -0.384 e. The third-order valence-electron chi connectivity index (χ3n) is 3.46. The minimum absolute atomic E-state index is 0.0994. The Bertz CT molecular complexity index is 527. The maximum atomic E-state index is 12.2. The van der Waals surface area contributed by atoms with Crippen molar-refractivity contribution < 1.29 is 9.90 Å². The molecule has 0 aromatic carbocycles. The first kappa shape index (κ1) is 14.5. The zero-order valence-corrected chi connectivity index (χ0v) is 11.7. The molecule has 20 heavy (non-hydrogen) atoms. The van der Waals surface area contributed by atoms with Crippen molar-refractivity contribution in [2.24, 2.45) is 5.92 Å². The molecule has 1 fully saturated rings. The fourth-order valence-electron chi connectivity index (χ4n) is 2.13. The van der Waals surface area contributed by atoms with E-state index in [0.29, 0.717) is 11.1 Å². The highest BCUT2D eigenvalue weighted by molar-refractivity contribution is 5.94. The summed E-state index contributed by atoms with van der Waals surface area (Å²) < 4.78 is 0. The van der Waals surface area contributed by atoms with Crippen LogP contribution in [0.5, 0.6) is 0 Å². The van der Waals surface area contributed by atoms with E-state index in [2.05, 4.69) is 29.1 Å². The number of rotatable bonds is 5. The molecule has 4 heteroatoms. The number of hydrogen-bond donors (Lipinski definition) is 2. The fourth-order valence-corrected chi connectivity index (χ4v) is 2.13. The average Bonchev–Trinajstić information content (AvgIpc) is 3.28. The Morgan fingerprint density at radius 2 is 2.35 bits per heavy atom. The molecule has 4 nitrogen and oxygen atoms in total. The zero-order chi connectivity index (χ0) is 14.4. The van der Waals surface area contributed by atoms with Crippen LogP contribution in [0.3, 0.4) is 0 Å².